The van der Waals surface area contributed by atoms with E-state index in [4.69, 9.17) is 0 Å². The fourth-order valence-corrected chi connectivity index (χ4v) is 4.37. The molecular weight excluding hydrogens is 439 g/mol. The molecule has 1 amide bonds. The van der Waals surface area contributed by atoms with E-state index in [0.29, 0.717) is 22.6 Å². The largest absolute Gasteiger partial charge is 0.351 e. The summed E-state index contributed by atoms with van der Waals surface area (Å²) in [5.41, 5.74) is 1.54. The summed E-state index contributed by atoms with van der Waals surface area (Å²) in [5, 5.41) is 13.5. The van der Waals surface area contributed by atoms with Crippen molar-refractivity contribution in [2.75, 3.05) is 13.1 Å². The summed E-state index contributed by atoms with van der Waals surface area (Å²) in [7, 11) is -3.98. The van der Waals surface area contributed by atoms with Crippen molar-refractivity contribution in [1.29, 1.82) is 0 Å². The quantitative estimate of drug-likeness (QED) is 0.304. The first-order valence-corrected chi connectivity index (χ1v) is 11.1. The van der Waals surface area contributed by atoms with Gasteiger partial charge in [0.05, 0.1) is 21.1 Å². The van der Waals surface area contributed by atoms with E-state index in [1.165, 1.54) is 24.3 Å². The maximum atomic E-state index is 14.2. The number of nitro groups is 1. The molecule has 0 aliphatic heterocycles. The van der Waals surface area contributed by atoms with Gasteiger partial charge in [0.15, 0.2) is 0 Å². The maximum Gasteiger partial charge on any atom is 0.270 e. The molecule has 0 saturated heterocycles. The lowest BCUT2D eigenvalue weighted by atomic mass is 10.2. The molecule has 32 heavy (non-hydrogen) atoms. The number of nitrogens with one attached hydrogen (secondary N) is 2. The number of nitrogens with zero attached hydrogens (tertiary/aromatic N) is 2. The lowest BCUT2D eigenvalue weighted by molar-refractivity contribution is -0.385. The number of aromatic nitrogens is 1. The summed E-state index contributed by atoms with van der Waals surface area (Å²) in [4.78, 5) is 22.5. The van der Waals surface area contributed by atoms with Crippen LogP contribution in [0.2, 0.25) is 0 Å². The van der Waals surface area contributed by atoms with Gasteiger partial charge in [0.25, 0.3) is 11.6 Å². The molecule has 0 saturated carbocycles. The first-order chi connectivity index (χ1) is 15.1. The summed E-state index contributed by atoms with van der Waals surface area (Å²) in [5.74, 6) is -0.855. The molecule has 9 nitrogen and oxygen atoms in total. The number of rotatable bonds is 8. The Morgan fingerprint density at radius 1 is 1.09 bits per heavy atom. The molecule has 0 radical (unpaired) electrons. The van der Waals surface area contributed by atoms with Gasteiger partial charge in [-0.25, -0.2) is 17.5 Å². The van der Waals surface area contributed by atoms with Crippen LogP contribution in [0, 0.1) is 29.8 Å². The smallest absolute Gasteiger partial charge is 0.270 e. The number of hydrogen-bond donors (Lipinski definition) is 2. The third kappa shape index (κ3) is 4.84. The minimum Gasteiger partial charge on any atom is -0.351 e. The number of aryl methyl sites for hydroxylation is 1. The molecule has 0 spiro atoms. The highest BCUT2D eigenvalue weighted by atomic mass is 32.2. The molecule has 3 rings (SSSR count). The third-order valence-corrected chi connectivity index (χ3v) is 6.27. The Balaban J connectivity index is 1.65. The van der Waals surface area contributed by atoms with Crippen molar-refractivity contribution >= 4 is 21.6 Å². The molecule has 2 aromatic carbocycles. The topological polar surface area (TPSA) is 123 Å². The predicted molar refractivity (Wildman–Crippen MR) is 116 cm³/mol. The molecule has 3 aromatic rings. The lowest BCUT2D eigenvalue weighted by Crippen LogP contribution is -2.34. The van der Waals surface area contributed by atoms with Crippen molar-refractivity contribution in [2.24, 2.45) is 0 Å². The zero-order valence-corrected chi connectivity index (χ0v) is 18.1. The first kappa shape index (κ1) is 23.1. The van der Waals surface area contributed by atoms with Crippen LogP contribution in [0.15, 0.2) is 59.5 Å². The van der Waals surface area contributed by atoms with Gasteiger partial charge in [0.2, 0.25) is 10.0 Å². The highest BCUT2D eigenvalue weighted by Gasteiger charge is 2.19. The standard InChI is InChI=1S/C21H21FN4O5S/c1-14-12-18(15(2)25(14)20-9-4-3-8-19(20)22)21(27)23-10-11-24-32(30,31)17-7-5-6-16(13-17)26(28)29/h3-9,12-13,24H,10-11H2,1-2H3,(H,23,27). The fourth-order valence-electron chi connectivity index (χ4n) is 3.30. The van der Waals surface area contributed by atoms with Crippen molar-refractivity contribution in [1.82, 2.24) is 14.6 Å². The highest BCUT2D eigenvalue weighted by Crippen LogP contribution is 2.23. The van der Waals surface area contributed by atoms with Gasteiger partial charge in [-0.3, -0.25) is 14.9 Å². The van der Waals surface area contributed by atoms with E-state index in [1.807, 2.05) is 0 Å². The molecule has 1 aromatic heterocycles. The normalized spacial score (nSPS) is 11.3. The van der Waals surface area contributed by atoms with Gasteiger partial charge < -0.3 is 9.88 Å². The second kappa shape index (κ2) is 9.28. The summed E-state index contributed by atoms with van der Waals surface area (Å²) >= 11 is 0. The van der Waals surface area contributed by atoms with Crippen LogP contribution in [0.25, 0.3) is 5.69 Å². The van der Waals surface area contributed by atoms with Crippen molar-refractivity contribution in [2.45, 2.75) is 18.7 Å². The molecular formula is C21H21FN4O5S. The molecule has 0 aliphatic carbocycles. The lowest BCUT2D eigenvalue weighted by Gasteiger charge is -2.11. The predicted octanol–water partition coefficient (Wildman–Crippen LogP) is 2.85. The number of amides is 1. The third-order valence-electron chi connectivity index (χ3n) is 4.81. The molecule has 0 aliphatic rings. The van der Waals surface area contributed by atoms with Crippen LogP contribution < -0.4 is 10.0 Å². The van der Waals surface area contributed by atoms with Crippen LogP contribution >= 0.6 is 0 Å². The van der Waals surface area contributed by atoms with E-state index < -0.39 is 26.7 Å². The monoisotopic (exact) mass is 460 g/mol. The molecule has 168 valence electrons. The molecule has 0 fully saturated rings. The molecule has 2 N–H and O–H groups in total. The number of carbonyl (C=O) groups is 1. The van der Waals surface area contributed by atoms with E-state index in [0.717, 1.165) is 6.07 Å². The summed E-state index contributed by atoms with van der Waals surface area (Å²) < 4.78 is 42.8. The van der Waals surface area contributed by atoms with E-state index in [1.54, 1.807) is 42.7 Å². The first-order valence-electron chi connectivity index (χ1n) is 9.58. The minimum absolute atomic E-state index is 0.0175. The van der Waals surface area contributed by atoms with Gasteiger partial charge in [-0.05, 0) is 38.1 Å². The maximum absolute atomic E-state index is 14.2. The van der Waals surface area contributed by atoms with Crippen LogP contribution in [0.5, 0.6) is 0 Å². The van der Waals surface area contributed by atoms with Gasteiger partial charge in [-0.15, -0.1) is 0 Å². The van der Waals surface area contributed by atoms with E-state index in [9.17, 15) is 27.7 Å². The van der Waals surface area contributed by atoms with Crippen LogP contribution in [0.4, 0.5) is 10.1 Å². The average Bonchev–Trinajstić information content (AvgIpc) is 3.05. The number of halogens is 1. The van der Waals surface area contributed by atoms with Crippen LogP contribution in [-0.2, 0) is 10.0 Å². The Bertz CT molecular complexity index is 1290. The highest BCUT2D eigenvalue weighted by molar-refractivity contribution is 7.89. The molecule has 0 atom stereocenters. The van der Waals surface area contributed by atoms with Crippen LogP contribution in [-0.4, -0.2) is 36.9 Å². The van der Waals surface area contributed by atoms with Gasteiger partial charge >= 0.3 is 0 Å². The van der Waals surface area contributed by atoms with Crippen molar-refractivity contribution < 1.29 is 22.5 Å². The SMILES string of the molecule is Cc1cc(C(=O)NCCNS(=O)(=O)c2cccc([N+](=O)[O-])c2)c(C)n1-c1ccccc1F. The number of non-ortho nitro benzene ring substituents is 1. The Morgan fingerprint density at radius 3 is 2.50 bits per heavy atom. The Morgan fingerprint density at radius 2 is 1.81 bits per heavy atom. The van der Waals surface area contributed by atoms with E-state index >= 15 is 0 Å². The Labute approximate surface area is 184 Å². The fraction of sp³-hybridized carbons (Fsp3) is 0.190. The van der Waals surface area contributed by atoms with E-state index in [-0.39, 0.29) is 23.7 Å². The molecule has 1 heterocycles. The average molecular weight is 460 g/mol. The van der Waals surface area contributed by atoms with Crippen molar-refractivity contribution in [3.63, 3.8) is 0 Å². The van der Waals surface area contributed by atoms with Gasteiger partial charge in [-0.2, -0.15) is 0 Å². The number of para-hydroxylation sites is 1. The molecule has 0 unspecified atom stereocenters. The van der Waals surface area contributed by atoms with Crippen LogP contribution in [0.3, 0.4) is 0 Å². The number of hydrogen-bond acceptors (Lipinski definition) is 5. The second-order valence-corrected chi connectivity index (χ2v) is 8.75. The summed E-state index contributed by atoms with van der Waals surface area (Å²) in [6, 6.07) is 12.5. The van der Waals surface area contributed by atoms with Gasteiger partial charge in [0.1, 0.15) is 5.82 Å². The minimum atomic E-state index is -3.98. The summed E-state index contributed by atoms with van der Waals surface area (Å²) in [6.45, 7) is 3.31. The zero-order valence-electron chi connectivity index (χ0n) is 17.3. The van der Waals surface area contributed by atoms with Gasteiger partial charge in [0, 0.05) is 36.6 Å². The van der Waals surface area contributed by atoms with Crippen LogP contribution in [0.1, 0.15) is 21.7 Å². The number of carbonyl (C=O) groups excluding carboxylic acids is 1. The summed E-state index contributed by atoms with van der Waals surface area (Å²) in [6.07, 6.45) is 0. The van der Waals surface area contributed by atoms with Crippen molar-refractivity contribution in [3.05, 3.63) is 87.5 Å². The second-order valence-electron chi connectivity index (χ2n) is 6.98. The van der Waals surface area contributed by atoms with Gasteiger partial charge in [-0.1, -0.05) is 18.2 Å². The number of benzene rings is 2. The zero-order chi connectivity index (χ0) is 23.5. The Hall–Kier alpha value is -3.57. The van der Waals surface area contributed by atoms with E-state index in [2.05, 4.69) is 10.0 Å². The number of sulfonamides is 1. The molecule has 11 heteroatoms. The Kier molecular flexibility index (Phi) is 6.70. The van der Waals surface area contributed by atoms with Crippen molar-refractivity contribution in [3.8, 4) is 5.69 Å². The molecule has 0 bridgehead atoms. The number of nitro benzene ring substituents is 1.